The quantitative estimate of drug-likeness (QED) is 0.616. The van der Waals surface area contributed by atoms with Gasteiger partial charge in [0.2, 0.25) is 11.8 Å². The molecule has 0 radical (unpaired) electrons. The maximum absolute atomic E-state index is 12.5. The summed E-state index contributed by atoms with van der Waals surface area (Å²) in [6.45, 7) is 7.60. The van der Waals surface area contributed by atoms with Crippen molar-refractivity contribution in [3.63, 3.8) is 0 Å². The highest BCUT2D eigenvalue weighted by Crippen LogP contribution is 2.18. The van der Waals surface area contributed by atoms with Crippen LogP contribution in [-0.2, 0) is 19.1 Å². The van der Waals surface area contributed by atoms with Crippen molar-refractivity contribution in [3.8, 4) is 0 Å². The molecule has 28 heavy (non-hydrogen) atoms. The highest BCUT2D eigenvalue weighted by molar-refractivity contribution is 5.83. The van der Waals surface area contributed by atoms with Gasteiger partial charge in [-0.25, -0.2) is 4.79 Å². The number of piperidine rings is 1. The number of hydrogen-bond acceptors (Lipinski definition) is 6. The van der Waals surface area contributed by atoms with Crippen molar-refractivity contribution in [1.82, 2.24) is 20.0 Å². The predicted octanol–water partition coefficient (Wildman–Crippen LogP) is -0.0942. The number of likely N-dealkylation sites (tertiary alicyclic amines) is 1. The van der Waals surface area contributed by atoms with Gasteiger partial charge in [0.1, 0.15) is 0 Å². The van der Waals surface area contributed by atoms with Crippen LogP contribution in [0, 0.1) is 5.92 Å². The average Bonchev–Trinajstić information content (AvgIpc) is 2.71. The molecule has 3 rings (SSSR count). The lowest BCUT2D eigenvalue weighted by atomic mass is 9.96. The van der Waals surface area contributed by atoms with Crippen molar-refractivity contribution < 1.29 is 23.9 Å². The summed E-state index contributed by atoms with van der Waals surface area (Å²) in [5.41, 5.74) is 0. The lowest BCUT2D eigenvalue weighted by Gasteiger charge is -2.33. The zero-order valence-electron chi connectivity index (χ0n) is 16.6. The van der Waals surface area contributed by atoms with Gasteiger partial charge >= 0.3 is 6.09 Å². The van der Waals surface area contributed by atoms with Gasteiger partial charge in [0.05, 0.1) is 25.7 Å². The predicted molar refractivity (Wildman–Crippen MR) is 102 cm³/mol. The average molecular weight is 396 g/mol. The highest BCUT2D eigenvalue weighted by Gasteiger charge is 2.30. The number of hydrogen-bond donors (Lipinski definition) is 1. The molecule has 1 N–H and O–H groups in total. The van der Waals surface area contributed by atoms with E-state index in [0.717, 1.165) is 45.7 Å². The third-order valence-electron chi connectivity index (χ3n) is 5.61. The number of ether oxygens (including phenoxy) is 2. The lowest BCUT2D eigenvalue weighted by molar-refractivity contribution is -0.138. The molecule has 3 saturated heterocycles. The molecule has 0 aromatic rings. The number of amides is 3. The standard InChI is InChI=1S/C19H32N4O5/c24-17-4-3-16(15-23(17)7-1-6-21-10-13-27-14-11-21)18(25)20-5-9-22-8-2-12-28-19(22)26/h16H,1-15H2,(H,20,25). The first-order valence-electron chi connectivity index (χ1n) is 10.4. The van der Waals surface area contributed by atoms with Gasteiger partial charge in [0, 0.05) is 58.8 Å². The Bertz CT molecular complexity index is 552. The fourth-order valence-corrected chi connectivity index (χ4v) is 3.91. The van der Waals surface area contributed by atoms with Crippen LogP contribution in [0.25, 0.3) is 0 Å². The van der Waals surface area contributed by atoms with Gasteiger partial charge in [-0.15, -0.1) is 0 Å². The van der Waals surface area contributed by atoms with E-state index in [1.54, 1.807) is 4.90 Å². The molecule has 0 aromatic carbocycles. The minimum atomic E-state index is -0.310. The minimum Gasteiger partial charge on any atom is -0.449 e. The van der Waals surface area contributed by atoms with Gasteiger partial charge in [-0.2, -0.15) is 0 Å². The van der Waals surface area contributed by atoms with E-state index in [1.807, 2.05) is 4.90 Å². The Morgan fingerprint density at radius 2 is 1.86 bits per heavy atom. The summed E-state index contributed by atoms with van der Waals surface area (Å²) in [6.07, 6.45) is 2.45. The summed E-state index contributed by atoms with van der Waals surface area (Å²) in [6, 6.07) is 0. The van der Waals surface area contributed by atoms with Crippen LogP contribution >= 0.6 is 0 Å². The molecule has 0 bridgehead atoms. The SMILES string of the molecule is O=C(NCCN1CCCOC1=O)C1CCC(=O)N(CCCN2CCOCC2)C1. The summed E-state index contributed by atoms with van der Waals surface area (Å²) in [5, 5.41) is 2.91. The molecular weight excluding hydrogens is 364 g/mol. The molecule has 3 fully saturated rings. The maximum atomic E-state index is 12.5. The number of carbonyl (C=O) groups excluding carboxylic acids is 3. The van der Waals surface area contributed by atoms with Crippen LogP contribution < -0.4 is 5.32 Å². The first-order valence-corrected chi connectivity index (χ1v) is 10.4. The van der Waals surface area contributed by atoms with Gasteiger partial charge in [-0.1, -0.05) is 0 Å². The molecule has 0 aromatic heterocycles. The van der Waals surface area contributed by atoms with E-state index < -0.39 is 0 Å². The van der Waals surface area contributed by atoms with E-state index in [4.69, 9.17) is 9.47 Å². The van der Waals surface area contributed by atoms with E-state index in [0.29, 0.717) is 52.2 Å². The van der Waals surface area contributed by atoms with Gasteiger partial charge in [0.25, 0.3) is 0 Å². The van der Waals surface area contributed by atoms with E-state index in [9.17, 15) is 14.4 Å². The molecule has 3 aliphatic rings. The minimum absolute atomic E-state index is 0.0314. The second-order valence-corrected chi connectivity index (χ2v) is 7.63. The van der Waals surface area contributed by atoms with Gasteiger partial charge in [-0.05, 0) is 19.3 Å². The molecule has 3 heterocycles. The third kappa shape index (κ3) is 6.07. The van der Waals surface area contributed by atoms with Crippen LogP contribution in [0.4, 0.5) is 4.79 Å². The Balaban J connectivity index is 1.35. The maximum Gasteiger partial charge on any atom is 0.409 e. The van der Waals surface area contributed by atoms with E-state index >= 15 is 0 Å². The number of morpholine rings is 1. The van der Waals surface area contributed by atoms with Gasteiger partial charge in [0.15, 0.2) is 0 Å². The molecule has 9 nitrogen and oxygen atoms in total. The Morgan fingerprint density at radius 1 is 1.04 bits per heavy atom. The van der Waals surface area contributed by atoms with Crippen molar-refractivity contribution in [2.45, 2.75) is 25.7 Å². The first kappa shape index (κ1) is 20.9. The van der Waals surface area contributed by atoms with Crippen molar-refractivity contribution in [2.75, 3.05) is 72.2 Å². The zero-order chi connectivity index (χ0) is 19.8. The molecule has 0 saturated carbocycles. The molecule has 3 amide bonds. The van der Waals surface area contributed by atoms with Gasteiger partial charge in [-0.3, -0.25) is 14.5 Å². The zero-order valence-corrected chi connectivity index (χ0v) is 16.6. The molecule has 9 heteroatoms. The Labute approximate surface area is 166 Å². The normalized spacial score (nSPS) is 24.2. The monoisotopic (exact) mass is 396 g/mol. The summed E-state index contributed by atoms with van der Waals surface area (Å²) >= 11 is 0. The number of rotatable bonds is 8. The van der Waals surface area contributed by atoms with Crippen LogP contribution in [0.1, 0.15) is 25.7 Å². The Morgan fingerprint density at radius 3 is 2.64 bits per heavy atom. The number of cyclic esters (lactones) is 1. The van der Waals surface area contributed by atoms with E-state index in [-0.39, 0.29) is 23.8 Å². The summed E-state index contributed by atoms with van der Waals surface area (Å²) in [4.78, 5) is 42.1. The second-order valence-electron chi connectivity index (χ2n) is 7.63. The largest absolute Gasteiger partial charge is 0.449 e. The lowest BCUT2D eigenvalue weighted by Crippen LogP contribution is -2.48. The van der Waals surface area contributed by atoms with Crippen LogP contribution in [0.15, 0.2) is 0 Å². The highest BCUT2D eigenvalue weighted by atomic mass is 16.6. The fraction of sp³-hybridized carbons (Fsp3) is 0.842. The molecule has 3 aliphatic heterocycles. The van der Waals surface area contributed by atoms with Crippen molar-refractivity contribution in [3.05, 3.63) is 0 Å². The molecule has 1 atom stereocenters. The summed E-state index contributed by atoms with van der Waals surface area (Å²) in [7, 11) is 0. The number of carbonyl (C=O) groups is 3. The first-order chi connectivity index (χ1) is 13.6. The van der Waals surface area contributed by atoms with Crippen molar-refractivity contribution >= 4 is 17.9 Å². The van der Waals surface area contributed by atoms with Gasteiger partial charge < -0.3 is 24.6 Å². The fourth-order valence-electron chi connectivity index (χ4n) is 3.91. The third-order valence-corrected chi connectivity index (χ3v) is 5.61. The van der Waals surface area contributed by atoms with E-state index in [2.05, 4.69) is 10.2 Å². The van der Waals surface area contributed by atoms with Crippen LogP contribution in [0.5, 0.6) is 0 Å². The smallest absolute Gasteiger partial charge is 0.409 e. The van der Waals surface area contributed by atoms with Crippen molar-refractivity contribution in [1.29, 1.82) is 0 Å². The Hall–Kier alpha value is -1.87. The molecule has 158 valence electrons. The van der Waals surface area contributed by atoms with Crippen molar-refractivity contribution in [2.24, 2.45) is 5.92 Å². The molecule has 0 spiro atoms. The molecular formula is C19H32N4O5. The summed E-state index contributed by atoms with van der Waals surface area (Å²) in [5.74, 6) is -0.0625. The van der Waals surface area contributed by atoms with Crippen LogP contribution in [0.2, 0.25) is 0 Å². The number of nitrogens with one attached hydrogen (secondary N) is 1. The van der Waals surface area contributed by atoms with Crippen LogP contribution in [0.3, 0.4) is 0 Å². The van der Waals surface area contributed by atoms with E-state index in [1.165, 1.54) is 0 Å². The molecule has 0 aliphatic carbocycles. The topological polar surface area (TPSA) is 91.4 Å². The number of nitrogens with zero attached hydrogens (tertiary/aromatic N) is 3. The summed E-state index contributed by atoms with van der Waals surface area (Å²) < 4.78 is 10.3. The molecule has 1 unspecified atom stereocenters. The second kappa shape index (κ2) is 10.6. The Kier molecular flexibility index (Phi) is 7.90. The van der Waals surface area contributed by atoms with Crippen LogP contribution in [-0.4, -0.2) is 105 Å².